The van der Waals surface area contributed by atoms with Crippen molar-refractivity contribution < 1.29 is 29.3 Å². The first-order chi connectivity index (χ1) is 17.7. The zero-order valence-corrected chi connectivity index (χ0v) is 20.5. The SMILES string of the molecule is Nc1nc(C2(NC(=O)C=NO)S[C@H]3CC(=O)N3C(C(=O)[O-])=C2C=CC[n+]2ccc(N)n3nccc32)cs1. The third kappa shape index (κ3) is 4.05. The van der Waals surface area contributed by atoms with Crippen LogP contribution in [0.4, 0.5) is 10.9 Å². The van der Waals surface area contributed by atoms with Gasteiger partial charge in [-0.3, -0.25) is 14.5 Å². The minimum Gasteiger partial charge on any atom is -0.543 e. The molecule has 2 aliphatic rings. The molecule has 1 fully saturated rings. The summed E-state index contributed by atoms with van der Waals surface area (Å²) < 4.78 is 3.35. The number of hydrogen-bond donors (Lipinski definition) is 4. The van der Waals surface area contributed by atoms with Crippen LogP contribution in [0, 0.1) is 0 Å². The Balaban J connectivity index is 1.66. The molecule has 6 N–H and O–H groups in total. The Hall–Kier alpha value is -4.44. The lowest BCUT2D eigenvalue weighted by Crippen LogP contribution is -2.62. The van der Waals surface area contributed by atoms with Gasteiger partial charge in [0.1, 0.15) is 12.8 Å². The van der Waals surface area contributed by atoms with Crippen LogP contribution < -0.4 is 26.5 Å². The summed E-state index contributed by atoms with van der Waals surface area (Å²) in [5, 5.41) is 32.1. The van der Waals surface area contributed by atoms with E-state index >= 15 is 0 Å². The van der Waals surface area contributed by atoms with Crippen molar-refractivity contribution in [1.82, 2.24) is 24.8 Å². The molecule has 1 saturated heterocycles. The normalized spacial score (nSPS) is 21.6. The Morgan fingerprint density at radius 3 is 2.89 bits per heavy atom. The van der Waals surface area contributed by atoms with Crippen molar-refractivity contribution in [3.63, 3.8) is 0 Å². The maximum atomic E-state index is 12.6. The number of β-lactam (4-membered cyclic amide) rings is 1. The van der Waals surface area contributed by atoms with Crippen LogP contribution >= 0.6 is 23.1 Å². The lowest BCUT2D eigenvalue weighted by molar-refractivity contribution is -0.664. The highest BCUT2D eigenvalue weighted by Gasteiger charge is 2.55. The summed E-state index contributed by atoms with van der Waals surface area (Å²) in [6.45, 7) is 0.253. The predicted molar refractivity (Wildman–Crippen MR) is 130 cm³/mol. The van der Waals surface area contributed by atoms with Crippen molar-refractivity contribution in [3.05, 3.63) is 59.0 Å². The largest absolute Gasteiger partial charge is 0.543 e. The molecular weight excluding hydrogens is 522 g/mol. The number of allylic oxidation sites excluding steroid dienone is 1. The molecule has 190 valence electrons. The van der Waals surface area contributed by atoms with Gasteiger partial charge in [-0.1, -0.05) is 32.6 Å². The number of nitrogens with one attached hydrogen (secondary N) is 1. The van der Waals surface area contributed by atoms with Crippen molar-refractivity contribution >= 4 is 63.7 Å². The van der Waals surface area contributed by atoms with Gasteiger partial charge in [0, 0.05) is 17.0 Å². The van der Waals surface area contributed by atoms with Crippen LogP contribution in [-0.4, -0.2) is 54.1 Å². The number of thioether (sulfide) groups is 1. The predicted octanol–water partition coefficient (Wildman–Crippen LogP) is -1.46. The number of aromatic nitrogens is 4. The van der Waals surface area contributed by atoms with Gasteiger partial charge in [-0.05, 0) is 6.08 Å². The average molecular weight is 542 g/mol. The fourth-order valence-electron chi connectivity index (χ4n) is 4.25. The highest BCUT2D eigenvalue weighted by atomic mass is 32.2. The van der Waals surface area contributed by atoms with Crippen LogP contribution in [0.25, 0.3) is 5.65 Å². The molecule has 1 unspecified atom stereocenters. The van der Waals surface area contributed by atoms with E-state index in [0.29, 0.717) is 17.7 Å². The Bertz CT molecular complexity index is 1530. The van der Waals surface area contributed by atoms with E-state index in [2.05, 4.69) is 20.6 Å². The molecule has 14 nitrogen and oxygen atoms in total. The molecule has 37 heavy (non-hydrogen) atoms. The molecule has 0 aromatic carbocycles. The Morgan fingerprint density at radius 2 is 2.22 bits per heavy atom. The number of oxime groups is 1. The standard InChI is InChI=1S/C21H19N9O5S2/c22-13-4-7-28(15-3-5-24-30(13)15)6-1-2-11-18(19(33)34)29-16(32)8-17(29)37-21(11,27-14(31)9-25-35)12-10-36-20(23)26-12/h1-5,7,9-10,17,22H,6,8H2,(H5,23,26,27,31,33,34,35)/t17-,21?/m0/s1. The molecule has 0 bridgehead atoms. The number of aliphatic carboxylic acids is 1. The van der Waals surface area contributed by atoms with Crippen molar-refractivity contribution in [2.24, 2.45) is 5.16 Å². The fourth-order valence-corrected chi connectivity index (χ4v) is 6.58. The summed E-state index contributed by atoms with van der Waals surface area (Å²) in [4.78, 5) is 41.3. The van der Waals surface area contributed by atoms with Gasteiger partial charge in [-0.2, -0.15) is 0 Å². The first-order valence-corrected chi connectivity index (χ1v) is 12.5. The summed E-state index contributed by atoms with van der Waals surface area (Å²) in [5.41, 5.74) is 12.4. The lowest BCUT2D eigenvalue weighted by atomic mass is 9.96. The van der Waals surface area contributed by atoms with Crippen molar-refractivity contribution in [3.8, 4) is 0 Å². The number of thiazole rings is 1. The average Bonchev–Trinajstić information content (AvgIpc) is 3.51. The number of amides is 2. The second-order valence-corrected chi connectivity index (χ2v) is 10.3. The molecule has 0 spiro atoms. The topological polar surface area (TPSA) is 208 Å². The van der Waals surface area contributed by atoms with Gasteiger partial charge in [0.15, 0.2) is 10.0 Å². The first kappa shape index (κ1) is 24.3. The number of fused-ring (bicyclic) bond motifs is 2. The van der Waals surface area contributed by atoms with Crippen LogP contribution in [0.15, 0.2) is 58.5 Å². The summed E-state index contributed by atoms with van der Waals surface area (Å²) in [6, 6.07) is 3.42. The van der Waals surface area contributed by atoms with Gasteiger partial charge >= 0.3 is 5.65 Å². The van der Waals surface area contributed by atoms with Gasteiger partial charge in [0.05, 0.1) is 47.6 Å². The van der Waals surface area contributed by atoms with Crippen LogP contribution in [0.1, 0.15) is 12.1 Å². The number of carbonyl (C=O) groups excluding carboxylic acids is 3. The zero-order valence-electron chi connectivity index (χ0n) is 18.8. The molecule has 5 heterocycles. The number of anilines is 2. The summed E-state index contributed by atoms with van der Waals surface area (Å²) in [6.07, 6.45) is 7.15. The second kappa shape index (κ2) is 9.21. The van der Waals surface area contributed by atoms with Gasteiger partial charge in [0.25, 0.3) is 5.91 Å². The molecule has 5 rings (SSSR count). The number of nitrogens with two attached hydrogens (primary N) is 2. The first-order valence-electron chi connectivity index (χ1n) is 10.7. The van der Waals surface area contributed by atoms with Gasteiger partial charge in [0.2, 0.25) is 11.7 Å². The van der Waals surface area contributed by atoms with E-state index in [9.17, 15) is 19.5 Å². The van der Waals surface area contributed by atoms with Gasteiger partial charge in [-0.15, -0.1) is 11.3 Å². The monoisotopic (exact) mass is 541 g/mol. The smallest absolute Gasteiger partial charge is 0.310 e. The minimum absolute atomic E-state index is 0.0346. The van der Waals surface area contributed by atoms with Crippen LogP contribution in [0.3, 0.4) is 0 Å². The number of rotatable bonds is 7. The van der Waals surface area contributed by atoms with Crippen LogP contribution in [0.5, 0.6) is 0 Å². The number of carboxylic acids is 1. The molecule has 3 aromatic heterocycles. The van der Waals surface area contributed by atoms with E-state index in [1.807, 2.05) is 4.57 Å². The van der Waals surface area contributed by atoms with E-state index in [1.165, 1.54) is 10.6 Å². The van der Waals surface area contributed by atoms with E-state index in [1.54, 1.807) is 36.0 Å². The third-order valence-electron chi connectivity index (χ3n) is 5.82. The minimum atomic E-state index is -1.60. The second-order valence-electron chi connectivity index (χ2n) is 7.97. The van der Waals surface area contributed by atoms with Crippen LogP contribution in [-0.2, 0) is 25.8 Å². The molecule has 2 aliphatic heterocycles. The third-order valence-corrected chi connectivity index (χ3v) is 8.03. The molecule has 0 saturated carbocycles. The van der Waals surface area contributed by atoms with Crippen molar-refractivity contribution in [2.45, 2.75) is 23.2 Å². The maximum Gasteiger partial charge on any atom is 0.310 e. The molecule has 2 amide bonds. The number of carboxylic acid groups (broad SMARTS) is 1. The van der Waals surface area contributed by atoms with Gasteiger partial charge < -0.3 is 31.9 Å². The molecule has 2 atom stereocenters. The fraction of sp³-hybridized carbons (Fsp3) is 0.190. The van der Waals surface area contributed by atoms with E-state index < -0.39 is 33.7 Å². The Kier molecular flexibility index (Phi) is 6.04. The lowest BCUT2D eigenvalue weighted by Gasteiger charge is -2.52. The maximum absolute atomic E-state index is 12.6. The van der Waals surface area contributed by atoms with Crippen molar-refractivity contribution in [2.75, 3.05) is 11.5 Å². The Morgan fingerprint density at radius 1 is 1.41 bits per heavy atom. The van der Waals surface area contributed by atoms with E-state index in [0.717, 1.165) is 28.0 Å². The van der Waals surface area contributed by atoms with Crippen molar-refractivity contribution in [1.29, 1.82) is 0 Å². The number of carbonyl (C=O) groups is 3. The summed E-state index contributed by atoms with van der Waals surface area (Å²) in [7, 11) is 0. The number of nitrogen functional groups attached to an aromatic ring is 2. The highest BCUT2D eigenvalue weighted by Crippen LogP contribution is 2.54. The highest BCUT2D eigenvalue weighted by molar-refractivity contribution is 8.01. The van der Waals surface area contributed by atoms with Crippen LogP contribution in [0.2, 0.25) is 0 Å². The molecule has 0 radical (unpaired) electrons. The zero-order chi connectivity index (χ0) is 26.3. The molecule has 3 aromatic rings. The molecule has 0 aliphatic carbocycles. The quantitative estimate of drug-likeness (QED) is 0.0898. The molecule has 16 heteroatoms. The van der Waals surface area contributed by atoms with Gasteiger partial charge in [-0.25, -0.2) is 9.55 Å². The molecular formula is C21H19N9O5S2. The summed E-state index contributed by atoms with van der Waals surface area (Å²) >= 11 is 2.21. The van der Waals surface area contributed by atoms with E-state index in [-0.39, 0.29) is 29.4 Å². The van der Waals surface area contributed by atoms with E-state index in [4.69, 9.17) is 16.7 Å². The summed E-state index contributed by atoms with van der Waals surface area (Å²) in [5.74, 6) is -2.39. The number of hydrogen-bond acceptors (Lipinski definition) is 12. The number of nitrogens with zero attached hydrogens (tertiary/aromatic N) is 6. The Labute approximate surface area is 216 Å².